The van der Waals surface area contributed by atoms with Gasteiger partial charge in [0, 0.05) is 6.21 Å². The van der Waals surface area contributed by atoms with Gasteiger partial charge in [-0.1, -0.05) is 12.2 Å². The molecule has 2 N–H and O–H groups in total. The normalized spacial score (nSPS) is 31.5. The van der Waals surface area contributed by atoms with E-state index in [0.717, 1.165) is 0 Å². The first kappa shape index (κ1) is 7.61. The summed E-state index contributed by atoms with van der Waals surface area (Å²) in [7, 11) is 0. The van der Waals surface area contributed by atoms with Crippen molar-refractivity contribution >= 4 is 23.9 Å². The van der Waals surface area contributed by atoms with E-state index in [2.05, 4.69) is 4.99 Å². The molecule has 2 atom stereocenters. The summed E-state index contributed by atoms with van der Waals surface area (Å²) >= 11 is 1.67. The maximum absolute atomic E-state index is 10.8. The fourth-order valence-electron chi connectivity index (χ4n) is 1.21. The largest absolute Gasteiger partial charge is 0.366 e. The molecule has 1 amide bonds. The zero-order valence-corrected chi connectivity index (χ0v) is 7.12. The number of hydrogen-bond acceptors (Lipinski definition) is 3. The minimum atomic E-state index is -0.398. The highest BCUT2D eigenvalue weighted by Gasteiger charge is 2.24. The molecule has 0 radical (unpaired) electrons. The Bertz CT molecular complexity index is 306. The molecule has 0 aromatic rings. The monoisotopic (exact) mass is 180 g/mol. The average molecular weight is 180 g/mol. The van der Waals surface area contributed by atoms with Crippen LogP contribution in [0.1, 0.15) is 0 Å². The predicted octanol–water partition coefficient (Wildman–Crippen LogP) is 0.480. The first-order valence-corrected chi connectivity index (χ1v) is 4.58. The van der Waals surface area contributed by atoms with Gasteiger partial charge in [-0.15, -0.1) is 11.8 Å². The van der Waals surface area contributed by atoms with Crippen LogP contribution in [0, 0.1) is 0 Å². The Kier molecular flexibility index (Phi) is 1.77. The molecule has 0 bridgehead atoms. The van der Waals surface area contributed by atoms with Crippen molar-refractivity contribution in [3.8, 4) is 0 Å². The molecule has 0 fully saturated rings. The van der Waals surface area contributed by atoms with Crippen LogP contribution in [0.15, 0.2) is 28.1 Å². The van der Waals surface area contributed by atoms with Gasteiger partial charge in [-0.05, 0) is 5.41 Å². The van der Waals surface area contributed by atoms with Crippen LogP contribution < -0.4 is 5.73 Å². The third-order valence-electron chi connectivity index (χ3n) is 1.86. The molecule has 0 spiro atoms. The van der Waals surface area contributed by atoms with Crippen LogP contribution in [0.25, 0.3) is 0 Å². The number of carbonyl (C=O) groups is 1. The second-order valence-electron chi connectivity index (χ2n) is 2.68. The van der Waals surface area contributed by atoms with Crippen molar-refractivity contribution in [2.24, 2.45) is 10.7 Å². The van der Waals surface area contributed by atoms with Crippen LogP contribution in [-0.2, 0) is 4.79 Å². The van der Waals surface area contributed by atoms with Crippen molar-refractivity contribution in [1.82, 2.24) is 0 Å². The standard InChI is InChI=1S/C8H8N2OS/c9-8(11)5-3-7-6(10-4-5)1-2-12-7/h1-4,6-7H,(H2,9,11). The van der Waals surface area contributed by atoms with E-state index in [9.17, 15) is 4.79 Å². The Labute approximate surface area is 74.4 Å². The zero-order valence-electron chi connectivity index (χ0n) is 6.31. The Morgan fingerprint density at radius 2 is 2.50 bits per heavy atom. The number of carbonyl (C=O) groups excluding carboxylic acids is 1. The highest BCUT2D eigenvalue weighted by Crippen LogP contribution is 2.30. The van der Waals surface area contributed by atoms with E-state index in [-0.39, 0.29) is 11.3 Å². The number of amides is 1. The number of aliphatic imine (C=N–C) groups is 1. The lowest BCUT2D eigenvalue weighted by atomic mass is 10.1. The highest BCUT2D eigenvalue weighted by molar-refractivity contribution is 8.03. The number of nitrogens with zero attached hydrogens (tertiary/aromatic N) is 1. The molecule has 0 aromatic carbocycles. The fourth-order valence-corrected chi connectivity index (χ4v) is 2.19. The second kappa shape index (κ2) is 2.79. The van der Waals surface area contributed by atoms with Crippen molar-refractivity contribution < 1.29 is 4.79 Å². The van der Waals surface area contributed by atoms with Gasteiger partial charge in [0.25, 0.3) is 0 Å². The van der Waals surface area contributed by atoms with Gasteiger partial charge in [0.1, 0.15) is 0 Å². The molecular formula is C8H8N2OS. The summed E-state index contributed by atoms with van der Waals surface area (Å²) in [6, 6.07) is 0.207. The van der Waals surface area contributed by atoms with E-state index in [0.29, 0.717) is 5.57 Å². The van der Waals surface area contributed by atoms with Gasteiger partial charge in [-0.25, -0.2) is 0 Å². The van der Waals surface area contributed by atoms with Crippen LogP contribution in [0.5, 0.6) is 0 Å². The number of rotatable bonds is 1. The minimum Gasteiger partial charge on any atom is -0.366 e. The summed E-state index contributed by atoms with van der Waals surface area (Å²) in [4.78, 5) is 15.0. The Balaban J connectivity index is 2.23. The second-order valence-corrected chi connectivity index (χ2v) is 3.77. The third-order valence-corrected chi connectivity index (χ3v) is 2.91. The summed E-state index contributed by atoms with van der Waals surface area (Å²) in [6.45, 7) is 0. The van der Waals surface area contributed by atoms with Crippen LogP contribution >= 0.6 is 11.8 Å². The molecule has 2 rings (SSSR count). The first-order chi connectivity index (χ1) is 5.77. The molecule has 4 heteroatoms. The van der Waals surface area contributed by atoms with Crippen LogP contribution in [0.4, 0.5) is 0 Å². The van der Waals surface area contributed by atoms with Crippen molar-refractivity contribution in [3.05, 3.63) is 23.1 Å². The minimum absolute atomic E-state index is 0.207. The topological polar surface area (TPSA) is 55.5 Å². The maximum atomic E-state index is 10.8. The lowest BCUT2D eigenvalue weighted by Crippen LogP contribution is -2.24. The Morgan fingerprint density at radius 3 is 3.25 bits per heavy atom. The van der Waals surface area contributed by atoms with Gasteiger partial charge in [0.2, 0.25) is 5.91 Å². The first-order valence-electron chi connectivity index (χ1n) is 3.64. The smallest absolute Gasteiger partial charge is 0.249 e. The lowest BCUT2D eigenvalue weighted by molar-refractivity contribution is -0.114. The molecular weight excluding hydrogens is 172 g/mol. The zero-order chi connectivity index (χ0) is 8.55. The maximum Gasteiger partial charge on any atom is 0.249 e. The van der Waals surface area contributed by atoms with Crippen LogP contribution in [-0.4, -0.2) is 23.4 Å². The number of hydrogen-bond donors (Lipinski definition) is 1. The molecule has 2 unspecified atom stereocenters. The quantitative estimate of drug-likeness (QED) is 0.638. The van der Waals surface area contributed by atoms with E-state index >= 15 is 0 Å². The van der Waals surface area contributed by atoms with E-state index in [1.165, 1.54) is 0 Å². The summed E-state index contributed by atoms with van der Waals surface area (Å²) in [5.74, 6) is -0.398. The number of nitrogens with two attached hydrogens (primary N) is 1. The van der Waals surface area contributed by atoms with Crippen LogP contribution in [0.2, 0.25) is 0 Å². The summed E-state index contributed by atoms with van der Waals surface area (Å²) < 4.78 is 0. The van der Waals surface area contributed by atoms with Crippen molar-refractivity contribution in [1.29, 1.82) is 0 Å². The average Bonchev–Trinajstić information content (AvgIpc) is 2.49. The molecule has 0 aromatic heterocycles. The molecule has 0 aliphatic carbocycles. The summed E-state index contributed by atoms with van der Waals surface area (Å²) in [5, 5.41) is 2.28. The molecule has 3 nitrogen and oxygen atoms in total. The van der Waals surface area contributed by atoms with Crippen molar-refractivity contribution in [2.75, 3.05) is 0 Å². The third kappa shape index (κ3) is 1.18. The van der Waals surface area contributed by atoms with E-state index < -0.39 is 5.91 Å². The lowest BCUT2D eigenvalue weighted by Gasteiger charge is -2.15. The Hall–Kier alpha value is -1.03. The molecule has 0 saturated heterocycles. The predicted molar refractivity (Wildman–Crippen MR) is 50.1 cm³/mol. The number of primary amides is 1. The molecule has 2 aliphatic heterocycles. The molecule has 2 aliphatic rings. The van der Waals surface area contributed by atoms with Gasteiger partial charge in [0.15, 0.2) is 0 Å². The summed E-state index contributed by atoms with van der Waals surface area (Å²) in [5.41, 5.74) is 5.64. The van der Waals surface area contributed by atoms with Gasteiger partial charge in [-0.3, -0.25) is 9.79 Å². The van der Waals surface area contributed by atoms with E-state index in [1.807, 2.05) is 17.6 Å². The SMILES string of the molecule is NC(=O)C1=CC2SC=CC2N=C1. The van der Waals surface area contributed by atoms with Gasteiger partial charge in [-0.2, -0.15) is 0 Å². The molecule has 12 heavy (non-hydrogen) atoms. The molecule has 2 heterocycles. The molecule has 0 saturated carbocycles. The number of fused-ring (bicyclic) bond motifs is 1. The fraction of sp³-hybridized carbons (Fsp3) is 0.250. The Morgan fingerprint density at radius 1 is 1.67 bits per heavy atom. The van der Waals surface area contributed by atoms with Gasteiger partial charge >= 0.3 is 0 Å². The number of thioether (sulfide) groups is 1. The van der Waals surface area contributed by atoms with Crippen molar-refractivity contribution in [2.45, 2.75) is 11.3 Å². The van der Waals surface area contributed by atoms with E-state index in [1.54, 1.807) is 18.0 Å². The van der Waals surface area contributed by atoms with Gasteiger partial charge in [0.05, 0.1) is 16.9 Å². The van der Waals surface area contributed by atoms with E-state index in [4.69, 9.17) is 5.73 Å². The van der Waals surface area contributed by atoms with Gasteiger partial charge < -0.3 is 5.73 Å². The summed E-state index contributed by atoms with van der Waals surface area (Å²) in [6.07, 6.45) is 5.46. The van der Waals surface area contributed by atoms with Crippen LogP contribution in [0.3, 0.4) is 0 Å². The highest BCUT2D eigenvalue weighted by atomic mass is 32.2. The number of dihydropyridines is 1. The molecule has 62 valence electrons. The van der Waals surface area contributed by atoms with Crippen molar-refractivity contribution in [3.63, 3.8) is 0 Å².